The fraction of sp³-hybridized carbons (Fsp3) is 0.861. The number of rotatable bonds is 24. The number of ether oxygens (including phenoxy) is 9. The summed E-state index contributed by atoms with van der Waals surface area (Å²) in [4.78, 5) is 99.5. The van der Waals surface area contributed by atoms with Gasteiger partial charge in [-0.1, -0.05) is 60.5 Å². The van der Waals surface area contributed by atoms with Crippen LogP contribution in [0, 0.1) is 72.0 Å². The van der Waals surface area contributed by atoms with Crippen molar-refractivity contribution in [3.8, 4) is 24.7 Å². The summed E-state index contributed by atoms with van der Waals surface area (Å²) in [6.07, 6.45) is 3.01. The van der Waals surface area contributed by atoms with Crippen molar-refractivity contribution in [3.05, 3.63) is 0 Å². The van der Waals surface area contributed by atoms with Crippen molar-refractivity contribution in [3.63, 3.8) is 0 Å². The van der Waals surface area contributed by atoms with Crippen LogP contribution >= 0.6 is 0 Å². The lowest BCUT2D eigenvalue weighted by Crippen LogP contribution is -2.61. The number of oxime groups is 1. The minimum absolute atomic E-state index is 0.0475. The Morgan fingerprint density at radius 2 is 0.991 bits per heavy atom. The second-order valence-corrected chi connectivity index (χ2v) is 31.4. The summed E-state index contributed by atoms with van der Waals surface area (Å²) in [6, 6.07) is -0.669. The van der Waals surface area contributed by atoms with E-state index in [1.54, 1.807) is 48.5 Å². The smallest absolute Gasteiger partial charge is 0.316 e. The number of Topliss-reactive ketones (excluding diaryl/α,β-unsaturated/α-hetero) is 3. The Morgan fingerprint density at radius 3 is 1.40 bits per heavy atom. The van der Waals surface area contributed by atoms with Gasteiger partial charge in [0.05, 0.1) is 66.2 Å². The van der Waals surface area contributed by atoms with Crippen LogP contribution in [0.25, 0.3) is 0 Å². The van der Waals surface area contributed by atoms with E-state index in [0.717, 1.165) is 26.6 Å². The maximum atomic E-state index is 14.2. The van der Waals surface area contributed by atoms with Crippen molar-refractivity contribution in [2.75, 3.05) is 103 Å². The normalized spacial score (nSPS) is 37.5. The van der Waals surface area contributed by atoms with Crippen molar-refractivity contribution in [2.24, 2.45) is 58.4 Å². The number of ketones is 3. The number of carbonyl (C=O) groups is 6. The number of nitrogens with two attached hydrogens (primary N) is 1. The van der Waals surface area contributed by atoms with Gasteiger partial charge in [-0.2, -0.15) is 0 Å². The van der Waals surface area contributed by atoms with E-state index in [2.05, 4.69) is 26.7 Å². The zero-order valence-corrected chi connectivity index (χ0v) is 70.1. The van der Waals surface area contributed by atoms with Crippen LogP contribution in [0.4, 0.5) is 0 Å². The highest BCUT2D eigenvalue weighted by atomic mass is 16.7. The summed E-state index contributed by atoms with van der Waals surface area (Å²) in [7, 11) is 15.7. The zero-order chi connectivity index (χ0) is 83.3. The van der Waals surface area contributed by atoms with E-state index >= 15 is 0 Å². The van der Waals surface area contributed by atoms with E-state index in [-0.39, 0.29) is 55.8 Å². The van der Waals surface area contributed by atoms with Gasteiger partial charge in [-0.25, -0.2) is 5.90 Å². The minimum Gasteiger partial charge on any atom is -0.459 e. The Morgan fingerprint density at radius 1 is 0.593 bits per heavy atom. The minimum atomic E-state index is -1.97. The molecule has 0 radical (unpaired) electrons. The summed E-state index contributed by atoms with van der Waals surface area (Å²) >= 11 is 0. The first-order valence-corrected chi connectivity index (χ1v) is 38.2. The van der Waals surface area contributed by atoms with Crippen molar-refractivity contribution < 1.29 is 112 Å². The maximum absolute atomic E-state index is 14.2. The second-order valence-electron chi connectivity index (χ2n) is 31.4. The third kappa shape index (κ3) is 28.7. The average molecular weight is 1540 g/mol. The molecule has 4 aliphatic heterocycles. The first-order valence-electron chi connectivity index (χ1n) is 38.2. The van der Waals surface area contributed by atoms with Gasteiger partial charge in [0.2, 0.25) is 0 Å². The van der Waals surface area contributed by atoms with E-state index < -0.39 is 161 Å². The van der Waals surface area contributed by atoms with Gasteiger partial charge in [0.1, 0.15) is 53.7 Å². The van der Waals surface area contributed by atoms with Gasteiger partial charge in [-0.15, -0.1) is 24.7 Å². The highest BCUT2D eigenvalue weighted by Gasteiger charge is 2.55. The van der Waals surface area contributed by atoms with Crippen molar-refractivity contribution in [1.29, 1.82) is 0 Å². The number of esters is 3. The molecule has 4 saturated heterocycles. The van der Waals surface area contributed by atoms with Crippen molar-refractivity contribution in [1.82, 2.24) is 19.6 Å². The number of cyclic esters (lactones) is 2. The second kappa shape index (κ2) is 47.7. The molecule has 0 aromatic heterocycles. The molecule has 4 rings (SSSR count). The van der Waals surface area contributed by atoms with Gasteiger partial charge in [0, 0.05) is 102 Å². The Kier molecular flexibility index (Phi) is 44.8. The third-order valence-corrected chi connectivity index (χ3v) is 21.8. The number of likely N-dealkylation sites (N-methyl/N-ethyl adjacent to an activating group) is 2. The number of nitrogens with zero attached hydrogens (tertiary/aromatic N) is 5. The van der Waals surface area contributed by atoms with Crippen LogP contribution in [0.15, 0.2) is 5.16 Å². The molecular formula is C79H142N6O23. The predicted octanol–water partition coefficient (Wildman–Crippen LogP) is 5.00. The molecule has 8 N–H and O–H groups in total. The quantitative estimate of drug-likeness (QED) is 0.0167. The maximum Gasteiger partial charge on any atom is 0.316 e. The van der Waals surface area contributed by atoms with E-state index in [0.29, 0.717) is 64.1 Å². The van der Waals surface area contributed by atoms with Gasteiger partial charge in [-0.3, -0.25) is 38.6 Å². The van der Waals surface area contributed by atoms with Crippen LogP contribution in [0.5, 0.6) is 0 Å². The van der Waals surface area contributed by atoms with Gasteiger partial charge in [0.25, 0.3) is 0 Å². The molecule has 4 heterocycles. The van der Waals surface area contributed by atoms with E-state index in [1.807, 2.05) is 84.7 Å². The number of hydrogen-bond donors (Lipinski definition) is 7. The Balaban J connectivity index is 0.000000960. The third-order valence-electron chi connectivity index (χ3n) is 21.8. The molecule has 0 aromatic rings. The van der Waals surface area contributed by atoms with Gasteiger partial charge < -0.3 is 92.7 Å². The van der Waals surface area contributed by atoms with Crippen LogP contribution in [0.3, 0.4) is 0 Å². The molecule has 0 spiro atoms. The Labute approximate surface area is 645 Å². The number of terminal acetylenes is 2. The molecule has 4 fully saturated rings. The lowest BCUT2D eigenvalue weighted by Gasteiger charge is -2.48. The van der Waals surface area contributed by atoms with E-state index in [4.69, 9.17) is 71.3 Å². The summed E-state index contributed by atoms with van der Waals surface area (Å²) in [5, 5.41) is 69.1. The van der Waals surface area contributed by atoms with Crippen molar-refractivity contribution in [2.45, 2.75) is 290 Å². The molecule has 26 atom stereocenters. The highest BCUT2D eigenvalue weighted by molar-refractivity contribution is 6.01. The first-order chi connectivity index (χ1) is 50.3. The number of aliphatic hydroxyl groups excluding tert-OH is 4. The van der Waals surface area contributed by atoms with E-state index in [1.165, 1.54) is 55.8 Å². The Bertz CT molecular complexity index is 2840. The van der Waals surface area contributed by atoms with Crippen LogP contribution in [0.1, 0.15) is 182 Å². The standard InChI is InChI=1S/C38H67N3O10.C35H57NO11.C5H14N2O.CH4O/c1-14-16-19-41(12)28-21-24(4)49-36(32(28)43)51-34-26(6)31(42)27(7)35(45)50-29(15-2)38(9,46)33(44)25(5)30(23(3)22-37(34,8)47-13)39-48-20-17-18-40(10)11;1-13-15-16-36(11)25-17-20(4)44-33(29(25)45-24(8)37)47-31-22(6)28(39)23(7)32(41)46-26(14-2)35(10,42)30(40)21(5)27(38)19(3)18-34(31,9)43-12;1-7(2)4-3-5-8-6;1-2/h1,23-29,32-34,36,43-44,46H,15-22H2,2-13H3;1,19-23,25-26,29-31,33,40,42H,14-18H2,2-12H3;3-6H2,1-2H3;2H,1H3/b39-30+;;;/t23-,24-,25+,26+,27-,28+,29-,32-,33-,34-,36+,37-,38-;19-,20-,21+,22+,23-,25+,26-,29-,30-,31-,33+,34-,35-;;/m11../s1. The monoisotopic (exact) mass is 1540 g/mol. The topological polar surface area (TPSA) is 377 Å². The molecule has 0 saturated carbocycles. The molecule has 626 valence electrons. The number of carbonyl (C=O) groups excluding carboxylic acids is 6. The largest absolute Gasteiger partial charge is 0.459 e. The molecular weight excluding hydrogens is 1400 g/mol. The zero-order valence-electron chi connectivity index (χ0n) is 70.1. The number of aliphatic hydroxyl groups is 6. The highest BCUT2D eigenvalue weighted by Crippen LogP contribution is 2.42. The van der Waals surface area contributed by atoms with Crippen LogP contribution in [-0.4, -0.2) is 302 Å². The fourth-order valence-corrected chi connectivity index (χ4v) is 15.0. The molecule has 0 aromatic carbocycles. The summed E-state index contributed by atoms with van der Waals surface area (Å²) in [6.45, 7) is 31.6. The van der Waals surface area contributed by atoms with Crippen LogP contribution in [0.2, 0.25) is 0 Å². The number of methoxy groups -OCH3 is 2. The molecule has 0 aliphatic carbocycles. The molecule has 4 aliphatic rings. The molecule has 0 amide bonds. The average Bonchev–Trinajstić information content (AvgIpc) is 0.781. The Hall–Kier alpha value is -4.71. The molecule has 0 unspecified atom stereocenters. The van der Waals surface area contributed by atoms with Crippen molar-refractivity contribution >= 4 is 41.0 Å². The summed E-state index contributed by atoms with van der Waals surface area (Å²) in [5.74, 6) is -0.989. The molecule has 29 heteroatoms. The molecule has 108 heavy (non-hydrogen) atoms. The lowest BCUT2D eigenvalue weighted by molar-refractivity contribution is -0.298. The van der Waals surface area contributed by atoms with Gasteiger partial charge in [-0.05, 0) is 156 Å². The van der Waals surface area contributed by atoms with Crippen LogP contribution < -0.4 is 5.90 Å². The molecule has 0 bridgehead atoms. The lowest BCUT2D eigenvalue weighted by atomic mass is 9.74. The van der Waals surface area contributed by atoms with Crippen LogP contribution in [-0.2, 0) is 81.1 Å². The van der Waals surface area contributed by atoms with E-state index in [9.17, 15) is 54.3 Å². The van der Waals surface area contributed by atoms with Gasteiger partial charge in [0.15, 0.2) is 30.3 Å². The summed E-state index contributed by atoms with van der Waals surface area (Å²) < 4.78 is 55.2. The first kappa shape index (κ1) is 101. The summed E-state index contributed by atoms with van der Waals surface area (Å²) in [5.41, 5.74) is -5.95. The molecule has 29 nitrogen and oxygen atoms in total. The fourth-order valence-electron chi connectivity index (χ4n) is 15.0. The van der Waals surface area contributed by atoms with Gasteiger partial charge >= 0.3 is 17.9 Å². The predicted molar refractivity (Wildman–Crippen MR) is 409 cm³/mol. The SMILES string of the molecule is C#CCCN(C)[C@H]1C[C@@H](C)O[C@@H](O[C@@H]2[C@@H](C)C(=O)[C@@H](C)C(=O)O[C@H](CC)[C@@](C)(O)[C@H](O)[C@@H](C)/C(=N/OCCCN(C)C)[C@H](C)C[C@@]2(C)OC)[C@@H]1O.C#CCCN(C)[C@H]1C[C@@H](C)O[C@@H](O[C@@H]2[C@@H](C)C(=O)[C@@H](C)C(=O)O[C@H](CC)[C@@](C)(O)[C@H](O)[C@@H](C)C(=O)[C@H](C)C[C@@]2(C)OC)[C@@H]1OC(C)=O.CN(C)CCCON.CO. The number of hydrogen-bond acceptors (Lipinski definition) is 29.